The molecule has 3 aromatic heterocycles. The van der Waals surface area contributed by atoms with Crippen molar-refractivity contribution in [3.8, 4) is 5.82 Å². The summed E-state index contributed by atoms with van der Waals surface area (Å²) in [5.41, 5.74) is 1.02. The van der Waals surface area contributed by atoms with Gasteiger partial charge >= 0.3 is 0 Å². The molecular formula is C16H18N4S. The van der Waals surface area contributed by atoms with E-state index >= 15 is 0 Å². The van der Waals surface area contributed by atoms with E-state index in [4.69, 9.17) is 0 Å². The number of hydrogen-bond donors (Lipinski definition) is 1. The summed E-state index contributed by atoms with van der Waals surface area (Å²) >= 11 is 1.86. The molecule has 5 heteroatoms. The Kier molecular flexibility index (Phi) is 4.01. The molecule has 0 radical (unpaired) electrons. The first-order valence-corrected chi connectivity index (χ1v) is 7.89. The average molecular weight is 298 g/mol. The lowest BCUT2D eigenvalue weighted by molar-refractivity contribution is 0.844. The van der Waals surface area contributed by atoms with Crippen LogP contribution in [0.3, 0.4) is 0 Å². The Morgan fingerprint density at radius 2 is 2.19 bits per heavy atom. The standard InChI is InChI=1S/C16H18N4S/c1-3-14-6-7-15(21-14)12(2)19-13-5-8-16(17-11-13)20-10-4-9-18-20/h4-12,19H,3H2,1-2H3. The Bertz CT molecular complexity index is 685. The molecule has 0 saturated carbocycles. The summed E-state index contributed by atoms with van der Waals surface area (Å²) in [5, 5.41) is 7.66. The fourth-order valence-electron chi connectivity index (χ4n) is 2.15. The topological polar surface area (TPSA) is 42.7 Å². The molecule has 3 aromatic rings. The fourth-order valence-corrected chi connectivity index (χ4v) is 3.10. The SMILES string of the molecule is CCc1ccc(C(C)Nc2ccc(-n3cccn3)nc2)s1. The summed E-state index contributed by atoms with van der Waals surface area (Å²) in [6.45, 7) is 4.36. The molecule has 0 aromatic carbocycles. The Morgan fingerprint density at radius 1 is 1.29 bits per heavy atom. The number of anilines is 1. The van der Waals surface area contributed by atoms with Gasteiger partial charge in [0, 0.05) is 22.1 Å². The predicted octanol–water partition coefficient (Wildman–Crippen LogP) is 4.06. The summed E-state index contributed by atoms with van der Waals surface area (Å²) in [5.74, 6) is 0.822. The molecule has 21 heavy (non-hydrogen) atoms. The van der Waals surface area contributed by atoms with Gasteiger partial charge in [-0.15, -0.1) is 11.3 Å². The van der Waals surface area contributed by atoms with Crippen LogP contribution in [0.5, 0.6) is 0 Å². The lowest BCUT2D eigenvalue weighted by Crippen LogP contribution is -2.06. The second kappa shape index (κ2) is 6.10. The monoisotopic (exact) mass is 298 g/mol. The number of rotatable bonds is 5. The van der Waals surface area contributed by atoms with Gasteiger partial charge in [0.25, 0.3) is 0 Å². The minimum absolute atomic E-state index is 0.285. The number of aryl methyl sites for hydroxylation is 1. The van der Waals surface area contributed by atoms with Crippen molar-refractivity contribution in [2.75, 3.05) is 5.32 Å². The van der Waals surface area contributed by atoms with Crippen LogP contribution in [0.4, 0.5) is 5.69 Å². The molecule has 3 rings (SSSR count). The highest BCUT2D eigenvalue weighted by Gasteiger charge is 2.08. The third kappa shape index (κ3) is 3.13. The van der Waals surface area contributed by atoms with Gasteiger partial charge in [-0.2, -0.15) is 5.10 Å². The van der Waals surface area contributed by atoms with E-state index in [2.05, 4.69) is 41.4 Å². The van der Waals surface area contributed by atoms with Crippen molar-refractivity contribution in [3.05, 3.63) is 58.7 Å². The van der Waals surface area contributed by atoms with E-state index in [9.17, 15) is 0 Å². The maximum atomic E-state index is 4.43. The number of thiophene rings is 1. The van der Waals surface area contributed by atoms with Gasteiger partial charge in [0.2, 0.25) is 0 Å². The van der Waals surface area contributed by atoms with Crippen molar-refractivity contribution in [3.63, 3.8) is 0 Å². The Balaban J connectivity index is 1.70. The summed E-state index contributed by atoms with van der Waals surface area (Å²) in [6, 6.07) is 10.6. The zero-order chi connectivity index (χ0) is 14.7. The Morgan fingerprint density at radius 3 is 2.81 bits per heavy atom. The molecule has 0 fully saturated rings. The molecule has 1 N–H and O–H groups in total. The van der Waals surface area contributed by atoms with Gasteiger partial charge in [0.05, 0.1) is 17.9 Å². The molecule has 0 amide bonds. The molecule has 4 nitrogen and oxygen atoms in total. The van der Waals surface area contributed by atoms with Crippen LogP contribution in [0, 0.1) is 0 Å². The van der Waals surface area contributed by atoms with E-state index in [0.29, 0.717) is 0 Å². The van der Waals surface area contributed by atoms with Crippen molar-refractivity contribution in [1.29, 1.82) is 0 Å². The first-order chi connectivity index (χ1) is 10.3. The smallest absolute Gasteiger partial charge is 0.153 e. The molecule has 108 valence electrons. The normalized spacial score (nSPS) is 12.3. The highest BCUT2D eigenvalue weighted by atomic mass is 32.1. The molecule has 1 unspecified atom stereocenters. The minimum atomic E-state index is 0.285. The number of nitrogens with one attached hydrogen (secondary N) is 1. The second-order valence-corrected chi connectivity index (χ2v) is 6.08. The van der Waals surface area contributed by atoms with E-state index < -0.39 is 0 Å². The van der Waals surface area contributed by atoms with Crippen molar-refractivity contribution in [1.82, 2.24) is 14.8 Å². The van der Waals surface area contributed by atoms with Crippen LogP contribution < -0.4 is 5.32 Å². The van der Waals surface area contributed by atoms with Gasteiger partial charge in [-0.1, -0.05) is 6.92 Å². The van der Waals surface area contributed by atoms with Gasteiger partial charge < -0.3 is 5.32 Å². The molecule has 0 saturated heterocycles. The summed E-state index contributed by atoms with van der Waals surface area (Å²) < 4.78 is 1.75. The van der Waals surface area contributed by atoms with Gasteiger partial charge in [-0.3, -0.25) is 0 Å². The van der Waals surface area contributed by atoms with E-state index in [1.807, 2.05) is 41.9 Å². The van der Waals surface area contributed by atoms with Crippen molar-refractivity contribution in [2.24, 2.45) is 0 Å². The number of hydrogen-bond acceptors (Lipinski definition) is 4. The predicted molar refractivity (Wildman–Crippen MR) is 87.1 cm³/mol. The van der Waals surface area contributed by atoms with Crippen molar-refractivity contribution in [2.45, 2.75) is 26.3 Å². The van der Waals surface area contributed by atoms with Crippen molar-refractivity contribution < 1.29 is 0 Å². The van der Waals surface area contributed by atoms with E-state index in [1.165, 1.54) is 9.75 Å². The average Bonchev–Trinajstić information content (AvgIpc) is 3.19. The maximum Gasteiger partial charge on any atom is 0.153 e. The van der Waals surface area contributed by atoms with Gasteiger partial charge in [0.1, 0.15) is 0 Å². The highest BCUT2D eigenvalue weighted by Crippen LogP contribution is 2.26. The first kappa shape index (κ1) is 13.8. The number of nitrogens with zero attached hydrogens (tertiary/aromatic N) is 3. The zero-order valence-electron chi connectivity index (χ0n) is 12.2. The van der Waals surface area contributed by atoms with Crippen molar-refractivity contribution >= 4 is 17.0 Å². The lowest BCUT2D eigenvalue weighted by atomic mass is 10.2. The van der Waals surface area contributed by atoms with Crippen LogP contribution in [-0.4, -0.2) is 14.8 Å². The quantitative estimate of drug-likeness (QED) is 0.772. The molecule has 1 atom stereocenters. The lowest BCUT2D eigenvalue weighted by Gasteiger charge is -2.13. The van der Waals surface area contributed by atoms with Crippen LogP contribution >= 0.6 is 11.3 Å². The Hall–Kier alpha value is -2.14. The number of pyridine rings is 1. The van der Waals surface area contributed by atoms with E-state index in [1.54, 1.807) is 10.9 Å². The van der Waals surface area contributed by atoms with Gasteiger partial charge in [-0.05, 0) is 43.7 Å². The Labute approximate surface area is 128 Å². The number of aromatic nitrogens is 3. The highest BCUT2D eigenvalue weighted by molar-refractivity contribution is 7.12. The van der Waals surface area contributed by atoms with Gasteiger partial charge in [0.15, 0.2) is 5.82 Å². The summed E-state index contributed by atoms with van der Waals surface area (Å²) in [6.07, 6.45) is 6.58. The summed E-state index contributed by atoms with van der Waals surface area (Å²) in [7, 11) is 0. The largest absolute Gasteiger partial charge is 0.376 e. The second-order valence-electron chi connectivity index (χ2n) is 4.88. The van der Waals surface area contributed by atoms with Crippen LogP contribution in [0.25, 0.3) is 5.82 Å². The van der Waals surface area contributed by atoms with Crippen LogP contribution in [0.1, 0.15) is 29.6 Å². The van der Waals surface area contributed by atoms with Crippen LogP contribution in [0.2, 0.25) is 0 Å². The zero-order valence-corrected chi connectivity index (χ0v) is 13.0. The molecular weight excluding hydrogens is 280 g/mol. The maximum absolute atomic E-state index is 4.43. The molecule has 0 spiro atoms. The molecule has 0 aliphatic rings. The van der Waals surface area contributed by atoms with E-state index in [-0.39, 0.29) is 6.04 Å². The molecule has 0 aliphatic carbocycles. The molecule has 0 bridgehead atoms. The minimum Gasteiger partial charge on any atom is -0.376 e. The first-order valence-electron chi connectivity index (χ1n) is 7.07. The van der Waals surface area contributed by atoms with Crippen LogP contribution in [0.15, 0.2) is 48.9 Å². The van der Waals surface area contributed by atoms with Crippen LogP contribution in [-0.2, 0) is 6.42 Å². The summed E-state index contributed by atoms with van der Waals surface area (Å²) in [4.78, 5) is 7.20. The van der Waals surface area contributed by atoms with Gasteiger partial charge in [-0.25, -0.2) is 9.67 Å². The molecule has 3 heterocycles. The third-order valence-corrected chi connectivity index (χ3v) is 4.74. The molecule has 0 aliphatic heterocycles. The van der Waals surface area contributed by atoms with E-state index in [0.717, 1.165) is 17.9 Å². The fraction of sp³-hybridized carbons (Fsp3) is 0.250. The third-order valence-electron chi connectivity index (χ3n) is 3.33.